The van der Waals surface area contributed by atoms with Crippen LogP contribution in [0.3, 0.4) is 0 Å². The minimum Gasteiger partial charge on any atom is -0.0616 e. The van der Waals surface area contributed by atoms with Gasteiger partial charge in [0.05, 0.1) is 0 Å². The van der Waals surface area contributed by atoms with Crippen LogP contribution in [0.15, 0.2) is 17.7 Å². The summed E-state index contributed by atoms with van der Waals surface area (Å²) in [6.45, 7) is 11.4. The van der Waals surface area contributed by atoms with Crippen LogP contribution in [0.2, 0.25) is 0 Å². The molecule has 0 atom stereocenters. The summed E-state index contributed by atoms with van der Waals surface area (Å²) in [4.78, 5) is 0. The molecule has 0 N–H and O–H groups in total. The smallest absolute Gasteiger partial charge is 0.0164 e. The van der Waals surface area contributed by atoms with Gasteiger partial charge >= 0.3 is 0 Å². The highest BCUT2D eigenvalue weighted by Crippen LogP contribution is 2.36. The summed E-state index contributed by atoms with van der Waals surface area (Å²) < 4.78 is 0. The Morgan fingerprint density at radius 2 is 1.71 bits per heavy atom. The number of hydrogen-bond donors (Lipinski definition) is 0. The standard InChI is InChI=1S/C17H23/c1-6-13-7-15-9-14(11(2)3)10-16(12(4)5)17(15)8-13/h7-12H,6H2,1-5H3. The van der Waals surface area contributed by atoms with E-state index < -0.39 is 0 Å². The molecule has 1 aliphatic carbocycles. The van der Waals surface area contributed by atoms with E-state index in [9.17, 15) is 0 Å². The van der Waals surface area contributed by atoms with Crippen molar-refractivity contribution in [2.75, 3.05) is 0 Å². The quantitative estimate of drug-likeness (QED) is 0.658. The molecule has 1 aliphatic rings. The van der Waals surface area contributed by atoms with Gasteiger partial charge in [0.1, 0.15) is 0 Å². The third-order valence-electron chi connectivity index (χ3n) is 3.63. The number of hydrogen-bond acceptors (Lipinski definition) is 0. The molecule has 1 aromatic rings. The lowest BCUT2D eigenvalue weighted by molar-refractivity contribution is 0.830. The van der Waals surface area contributed by atoms with E-state index in [1.54, 1.807) is 0 Å². The van der Waals surface area contributed by atoms with Gasteiger partial charge in [0.15, 0.2) is 0 Å². The maximum atomic E-state index is 2.40. The Hall–Kier alpha value is -1.04. The van der Waals surface area contributed by atoms with Crippen LogP contribution in [-0.2, 0) is 0 Å². The first-order chi connectivity index (χ1) is 8.02. The second kappa shape index (κ2) is 4.68. The van der Waals surface area contributed by atoms with Gasteiger partial charge < -0.3 is 0 Å². The molecule has 0 unspecified atom stereocenters. The molecule has 0 aromatic heterocycles. The van der Waals surface area contributed by atoms with Crippen LogP contribution in [0.25, 0.3) is 6.08 Å². The molecular formula is C17H23. The van der Waals surface area contributed by atoms with Crippen molar-refractivity contribution in [2.45, 2.75) is 52.9 Å². The first-order valence-electron chi connectivity index (χ1n) is 6.76. The van der Waals surface area contributed by atoms with Crippen molar-refractivity contribution >= 4 is 6.08 Å². The van der Waals surface area contributed by atoms with E-state index in [1.807, 2.05) is 0 Å². The van der Waals surface area contributed by atoms with Crippen LogP contribution < -0.4 is 0 Å². The summed E-state index contributed by atoms with van der Waals surface area (Å²) in [6.07, 6.45) is 5.85. The third-order valence-corrected chi connectivity index (χ3v) is 3.63. The zero-order valence-electron chi connectivity index (χ0n) is 11.7. The summed E-state index contributed by atoms with van der Waals surface area (Å²) in [5.74, 6) is 1.21. The second-order valence-corrected chi connectivity index (χ2v) is 5.64. The van der Waals surface area contributed by atoms with E-state index in [4.69, 9.17) is 0 Å². The minimum atomic E-state index is 0.600. The summed E-state index contributed by atoms with van der Waals surface area (Å²) in [5.41, 5.74) is 7.32. The summed E-state index contributed by atoms with van der Waals surface area (Å²) in [5, 5.41) is 0. The molecule has 0 saturated carbocycles. The molecule has 0 saturated heterocycles. The van der Waals surface area contributed by atoms with Crippen LogP contribution in [0.1, 0.15) is 75.1 Å². The van der Waals surface area contributed by atoms with Crippen LogP contribution in [0.4, 0.5) is 0 Å². The molecule has 0 fully saturated rings. The van der Waals surface area contributed by atoms with Gasteiger partial charge in [-0.25, -0.2) is 0 Å². The maximum Gasteiger partial charge on any atom is 0.0164 e. The highest BCUT2D eigenvalue weighted by atomic mass is 14.2. The van der Waals surface area contributed by atoms with Gasteiger partial charge in [-0.2, -0.15) is 0 Å². The average Bonchev–Trinajstić information content (AvgIpc) is 2.69. The number of fused-ring (bicyclic) bond motifs is 1. The Bertz CT molecular complexity index is 447. The fourth-order valence-electron chi connectivity index (χ4n) is 2.45. The van der Waals surface area contributed by atoms with Crippen molar-refractivity contribution < 1.29 is 0 Å². The predicted octanol–water partition coefficient (Wildman–Crippen LogP) is 5.29. The average molecular weight is 227 g/mol. The monoisotopic (exact) mass is 227 g/mol. The Morgan fingerprint density at radius 3 is 2.24 bits per heavy atom. The number of rotatable bonds is 3. The maximum absolute atomic E-state index is 2.40. The zero-order chi connectivity index (χ0) is 12.6. The number of benzene rings is 1. The van der Waals surface area contributed by atoms with Gasteiger partial charge in [-0.15, -0.1) is 0 Å². The van der Waals surface area contributed by atoms with E-state index in [0.717, 1.165) is 6.42 Å². The molecule has 1 radical (unpaired) electrons. The molecule has 0 aliphatic heterocycles. The van der Waals surface area contributed by atoms with Crippen molar-refractivity contribution in [1.29, 1.82) is 0 Å². The molecule has 0 amide bonds. The lowest BCUT2D eigenvalue weighted by Crippen LogP contribution is -1.98. The van der Waals surface area contributed by atoms with Crippen molar-refractivity contribution in [2.24, 2.45) is 0 Å². The van der Waals surface area contributed by atoms with E-state index >= 15 is 0 Å². The van der Waals surface area contributed by atoms with E-state index in [0.29, 0.717) is 11.8 Å². The summed E-state index contributed by atoms with van der Waals surface area (Å²) in [7, 11) is 0. The SMILES string of the molecule is CCC1=Cc2c(cc(C(C)C)cc2C(C)C)[CH]1. The molecule has 0 heteroatoms. The second-order valence-electron chi connectivity index (χ2n) is 5.64. The van der Waals surface area contributed by atoms with Crippen molar-refractivity contribution in [3.05, 3.63) is 46.4 Å². The lowest BCUT2D eigenvalue weighted by Gasteiger charge is -2.16. The molecule has 2 rings (SSSR count). The van der Waals surface area contributed by atoms with Crippen molar-refractivity contribution in [1.82, 2.24) is 0 Å². The van der Waals surface area contributed by atoms with Crippen LogP contribution in [0, 0.1) is 6.42 Å². The fourth-order valence-corrected chi connectivity index (χ4v) is 2.45. The van der Waals surface area contributed by atoms with E-state index in [-0.39, 0.29) is 0 Å². The molecule has 17 heavy (non-hydrogen) atoms. The van der Waals surface area contributed by atoms with Crippen LogP contribution in [-0.4, -0.2) is 0 Å². The third kappa shape index (κ3) is 2.31. The Morgan fingerprint density at radius 1 is 1.00 bits per heavy atom. The molecule has 0 bridgehead atoms. The first-order valence-corrected chi connectivity index (χ1v) is 6.76. The van der Waals surface area contributed by atoms with Crippen molar-refractivity contribution in [3.63, 3.8) is 0 Å². The Balaban J connectivity index is 2.53. The van der Waals surface area contributed by atoms with Crippen molar-refractivity contribution in [3.8, 4) is 0 Å². The summed E-state index contributed by atoms with van der Waals surface area (Å²) in [6, 6.07) is 4.77. The van der Waals surface area contributed by atoms with Crippen LogP contribution in [0.5, 0.6) is 0 Å². The largest absolute Gasteiger partial charge is 0.0616 e. The van der Waals surface area contributed by atoms with Gasteiger partial charge in [-0.05, 0) is 40.5 Å². The highest BCUT2D eigenvalue weighted by Gasteiger charge is 2.18. The van der Waals surface area contributed by atoms with Gasteiger partial charge in [0.25, 0.3) is 0 Å². The van der Waals surface area contributed by atoms with Crippen LogP contribution >= 0.6 is 0 Å². The Labute approximate surface area is 106 Å². The van der Waals surface area contributed by atoms with Gasteiger partial charge in [-0.3, -0.25) is 0 Å². The molecule has 0 heterocycles. The molecule has 91 valence electrons. The van der Waals surface area contributed by atoms with E-state index in [2.05, 4.69) is 59.2 Å². The molecule has 0 nitrogen and oxygen atoms in total. The zero-order valence-corrected chi connectivity index (χ0v) is 11.7. The van der Waals surface area contributed by atoms with E-state index in [1.165, 1.54) is 27.8 Å². The molecule has 0 spiro atoms. The highest BCUT2D eigenvalue weighted by molar-refractivity contribution is 5.72. The molecular weight excluding hydrogens is 204 g/mol. The van der Waals surface area contributed by atoms with Gasteiger partial charge in [0, 0.05) is 6.42 Å². The Kier molecular flexibility index (Phi) is 3.42. The van der Waals surface area contributed by atoms with Gasteiger partial charge in [0.2, 0.25) is 0 Å². The predicted molar refractivity (Wildman–Crippen MR) is 76.3 cm³/mol. The minimum absolute atomic E-state index is 0.600. The lowest BCUT2D eigenvalue weighted by atomic mass is 9.89. The topological polar surface area (TPSA) is 0 Å². The fraction of sp³-hybridized carbons (Fsp3) is 0.471. The molecule has 1 aromatic carbocycles. The normalized spacial score (nSPS) is 14.4. The van der Waals surface area contributed by atoms with Gasteiger partial charge in [-0.1, -0.05) is 58.4 Å². The number of allylic oxidation sites excluding steroid dienone is 1. The summed E-state index contributed by atoms with van der Waals surface area (Å²) >= 11 is 0. The first kappa shape index (κ1) is 12.4.